The predicted molar refractivity (Wildman–Crippen MR) is 93.5 cm³/mol. The number of benzene rings is 1. The van der Waals surface area contributed by atoms with Gasteiger partial charge in [-0.05, 0) is 43.7 Å². The molecule has 0 atom stereocenters. The lowest BCUT2D eigenvalue weighted by Crippen LogP contribution is -2.08. The highest BCUT2D eigenvalue weighted by Gasteiger charge is 2.29. The minimum Gasteiger partial charge on any atom is -0.366 e. The molecule has 3 aromatic rings. The number of aryl methyl sites for hydroxylation is 1. The van der Waals surface area contributed by atoms with Crippen LogP contribution in [0, 0.1) is 13.8 Å². The fraction of sp³-hybridized carbons (Fsp3) is 0.211. The summed E-state index contributed by atoms with van der Waals surface area (Å²) < 4.78 is 37.9. The van der Waals surface area contributed by atoms with Crippen molar-refractivity contribution in [2.24, 2.45) is 0 Å². The molecule has 2 heterocycles. The second-order valence-electron chi connectivity index (χ2n) is 5.87. The highest BCUT2D eigenvalue weighted by molar-refractivity contribution is 5.56. The SMILES string of the molecule is Cc1nc(-c2ccccn2)nc(NCc2ccc(C(F)(F)F)cc2)c1C. The topological polar surface area (TPSA) is 50.7 Å². The molecule has 0 spiro atoms. The van der Waals surface area contributed by atoms with E-state index in [0.717, 1.165) is 29.0 Å². The number of halogens is 3. The molecule has 1 aromatic carbocycles. The number of anilines is 1. The highest BCUT2D eigenvalue weighted by atomic mass is 19.4. The van der Waals surface area contributed by atoms with Crippen molar-refractivity contribution in [2.45, 2.75) is 26.6 Å². The zero-order valence-electron chi connectivity index (χ0n) is 14.3. The molecule has 0 unspecified atom stereocenters. The Morgan fingerprint density at radius 2 is 1.69 bits per heavy atom. The van der Waals surface area contributed by atoms with Gasteiger partial charge in [-0.3, -0.25) is 4.98 Å². The third-order valence-electron chi connectivity index (χ3n) is 4.02. The molecule has 134 valence electrons. The van der Waals surface area contributed by atoms with E-state index in [4.69, 9.17) is 0 Å². The van der Waals surface area contributed by atoms with Crippen LogP contribution < -0.4 is 5.32 Å². The summed E-state index contributed by atoms with van der Waals surface area (Å²) in [6.07, 6.45) is -2.66. The Kier molecular flexibility index (Phi) is 4.88. The van der Waals surface area contributed by atoms with Gasteiger partial charge in [0, 0.05) is 24.0 Å². The molecule has 26 heavy (non-hydrogen) atoms. The summed E-state index contributed by atoms with van der Waals surface area (Å²) in [5.74, 6) is 1.14. The Morgan fingerprint density at radius 3 is 2.31 bits per heavy atom. The van der Waals surface area contributed by atoms with Crippen LogP contribution in [0.2, 0.25) is 0 Å². The first-order chi connectivity index (χ1) is 12.3. The average Bonchev–Trinajstić information content (AvgIpc) is 2.63. The smallest absolute Gasteiger partial charge is 0.366 e. The van der Waals surface area contributed by atoms with Crippen LogP contribution in [0.4, 0.5) is 19.0 Å². The predicted octanol–water partition coefficient (Wildman–Crippen LogP) is 4.79. The van der Waals surface area contributed by atoms with Gasteiger partial charge in [0.2, 0.25) is 0 Å². The molecule has 0 bridgehead atoms. The van der Waals surface area contributed by atoms with E-state index in [2.05, 4.69) is 20.3 Å². The molecular formula is C19H17F3N4. The summed E-state index contributed by atoms with van der Waals surface area (Å²) in [6, 6.07) is 10.6. The first kappa shape index (κ1) is 17.8. The van der Waals surface area contributed by atoms with Crippen LogP contribution in [-0.4, -0.2) is 15.0 Å². The van der Waals surface area contributed by atoms with Gasteiger partial charge in [-0.2, -0.15) is 13.2 Å². The number of rotatable bonds is 4. The molecule has 7 heteroatoms. The molecule has 0 saturated heterocycles. The summed E-state index contributed by atoms with van der Waals surface area (Å²) in [6.45, 7) is 4.14. The fourth-order valence-corrected chi connectivity index (χ4v) is 2.41. The zero-order valence-corrected chi connectivity index (χ0v) is 14.3. The van der Waals surface area contributed by atoms with Crippen LogP contribution in [0.1, 0.15) is 22.4 Å². The molecule has 4 nitrogen and oxygen atoms in total. The van der Waals surface area contributed by atoms with Gasteiger partial charge in [0.15, 0.2) is 5.82 Å². The standard InChI is InChI=1S/C19H17F3N4/c1-12-13(2)25-18(16-5-3-4-10-23-16)26-17(12)24-11-14-6-8-15(9-7-14)19(20,21)22/h3-10H,11H2,1-2H3,(H,24,25,26). The Hall–Kier alpha value is -2.96. The minimum atomic E-state index is -4.33. The van der Waals surface area contributed by atoms with E-state index in [1.165, 1.54) is 12.1 Å². The number of hydrogen-bond acceptors (Lipinski definition) is 4. The lowest BCUT2D eigenvalue weighted by atomic mass is 10.1. The molecule has 1 N–H and O–H groups in total. The molecule has 2 aromatic heterocycles. The van der Waals surface area contributed by atoms with E-state index in [1.54, 1.807) is 6.20 Å². The Morgan fingerprint density at radius 1 is 0.962 bits per heavy atom. The molecule has 0 amide bonds. The maximum atomic E-state index is 12.6. The van der Waals surface area contributed by atoms with Gasteiger partial charge in [-0.1, -0.05) is 18.2 Å². The summed E-state index contributed by atoms with van der Waals surface area (Å²) in [5.41, 5.74) is 2.43. The van der Waals surface area contributed by atoms with E-state index >= 15 is 0 Å². The van der Waals surface area contributed by atoms with Crippen molar-refractivity contribution in [1.29, 1.82) is 0 Å². The molecule has 0 aliphatic carbocycles. The normalized spacial score (nSPS) is 11.4. The maximum absolute atomic E-state index is 12.6. The Labute approximate surface area is 149 Å². The van der Waals surface area contributed by atoms with Crippen LogP contribution >= 0.6 is 0 Å². The third kappa shape index (κ3) is 3.99. The van der Waals surface area contributed by atoms with Crippen molar-refractivity contribution in [3.63, 3.8) is 0 Å². The number of nitrogens with one attached hydrogen (secondary N) is 1. The molecule has 0 aliphatic rings. The first-order valence-electron chi connectivity index (χ1n) is 8.01. The minimum absolute atomic E-state index is 0.358. The quantitative estimate of drug-likeness (QED) is 0.729. The lowest BCUT2D eigenvalue weighted by molar-refractivity contribution is -0.137. The molecular weight excluding hydrogens is 341 g/mol. The van der Waals surface area contributed by atoms with Gasteiger partial charge in [-0.25, -0.2) is 9.97 Å². The molecule has 0 aliphatic heterocycles. The van der Waals surface area contributed by atoms with Crippen LogP contribution in [-0.2, 0) is 12.7 Å². The van der Waals surface area contributed by atoms with Crippen LogP contribution in [0.25, 0.3) is 11.5 Å². The van der Waals surface area contributed by atoms with Crippen molar-refractivity contribution in [2.75, 3.05) is 5.32 Å². The van der Waals surface area contributed by atoms with Crippen LogP contribution in [0.15, 0.2) is 48.7 Å². The zero-order chi connectivity index (χ0) is 18.7. The van der Waals surface area contributed by atoms with Gasteiger partial charge in [-0.15, -0.1) is 0 Å². The molecule has 0 fully saturated rings. The van der Waals surface area contributed by atoms with Gasteiger partial charge in [0.1, 0.15) is 11.5 Å². The number of nitrogens with zero attached hydrogens (tertiary/aromatic N) is 3. The number of aromatic nitrogens is 3. The lowest BCUT2D eigenvalue weighted by Gasteiger charge is -2.13. The average molecular weight is 358 g/mol. The van der Waals surface area contributed by atoms with Crippen molar-refractivity contribution in [3.05, 3.63) is 71.0 Å². The third-order valence-corrected chi connectivity index (χ3v) is 4.02. The van der Waals surface area contributed by atoms with Gasteiger partial charge in [0.05, 0.1) is 5.56 Å². The summed E-state index contributed by atoms with van der Waals surface area (Å²) in [5, 5.41) is 3.18. The first-order valence-corrected chi connectivity index (χ1v) is 8.01. The van der Waals surface area contributed by atoms with E-state index in [9.17, 15) is 13.2 Å². The van der Waals surface area contributed by atoms with Crippen molar-refractivity contribution >= 4 is 5.82 Å². The van der Waals surface area contributed by atoms with E-state index < -0.39 is 11.7 Å². The van der Waals surface area contributed by atoms with E-state index in [-0.39, 0.29) is 0 Å². The highest BCUT2D eigenvalue weighted by Crippen LogP contribution is 2.29. The monoisotopic (exact) mass is 358 g/mol. The number of hydrogen-bond donors (Lipinski definition) is 1. The molecule has 3 rings (SSSR count). The van der Waals surface area contributed by atoms with Gasteiger partial charge < -0.3 is 5.32 Å². The van der Waals surface area contributed by atoms with Gasteiger partial charge >= 0.3 is 6.18 Å². The molecule has 0 saturated carbocycles. The van der Waals surface area contributed by atoms with Crippen molar-refractivity contribution in [1.82, 2.24) is 15.0 Å². The summed E-state index contributed by atoms with van der Waals surface area (Å²) in [4.78, 5) is 13.2. The Bertz CT molecular complexity index is 891. The molecule has 0 radical (unpaired) electrons. The van der Waals surface area contributed by atoms with Crippen LogP contribution in [0.3, 0.4) is 0 Å². The van der Waals surface area contributed by atoms with Crippen LogP contribution in [0.5, 0.6) is 0 Å². The second-order valence-corrected chi connectivity index (χ2v) is 5.87. The van der Waals surface area contributed by atoms with E-state index in [1.807, 2.05) is 32.0 Å². The number of alkyl halides is 3. The number of pyridine rings is 1. The fourth-order valence-electron chi connectivity index (χ4n) is 2.41. The van der Waals surface area contributed by atoms with Gasteiger partial charge in [0.25, 0.3) is 0 Å². The summed E-state index contributed by atoms with van der Waals surface area (Å²) in [7, 11) is 0. The van der Waals surface area contributed by atoms with E-state index in [0.29, 0.717) is 23.9 Å². The maximum Gasteiger partial charge on any atom is 0.416 e. The second kappa shape index (κ2) is 7.11. The largest absolute Gasteiger partial charge is 0.416 e. The Balaban J connectivity index is 1.80. The van der Waals surface area contributed by atoms with Crippen molar-refractivity contribution in [3.8, 4) is 11.5 Å². The summed E-state index contributed by atoms with van der Waals surface area (Å²) >= 11 is 0. The van der Waals surface area contributed by atoms with Crippen molar-refractivity contribution < 1.29 is 13.2 Å².